The summed E-state index contributed by atoms with van der Waals surface area (Å²) >= 11 is 0. The molecule has 1 saturated heterocycles. The van der Waals surface area contributed by atoms with Crippen LogP contribution in [0.15, 0.2) is 54.6 Å². The maximum Gasteiger partial charge on any atom is 0.237 e. The SMILES string of the molecule is O=C(NCc1ccccc1Oc1ccccc1)C1CCCN1. The Kier molecular flexibility index (Phi) is 4.71. The number of carbonyl (C=O) groups is 1. The average Bonchev–Trinajstić information content (AvgIpc) is 3.09. The predicted octanol–water partition coefficient (Wildman–Crippen LogP) is 2.85. The van der Waals surface area contributed by atoms with Crippen LogP contribution in [-0.2, 0) is 11.3 Å². The number of carbonyl (C=O) groups excluding carboxylic acids is 1. The number of hydrogen-bond acceptors (Lipinski definition) is 3. The van der Waals surface area contributed by atoms with Crippen LogP contribution in [0.5, 0.6) is 11.5 Å². The van der Waals surface area contributed by atoms with Crippen molar-refractivity contribution in [1.82, 2.24) is 10.6 Å². The Hall–Kier alpha value is -2.33. The smallest absolute Gasteiger partial charge is 0.237 e. The molecule has 1 fully saturated rings. The van der Waals surface area contributed by atoms with Crippen molar-refractivity contribution in [1.29, 1.82) is 0 Å². The van der Waals surface area contributed by atoms with Crippen molar-refractivity contribution >= 4 is 5.91 Å². The summed E-state index contributed by atoms with van der Waals surface area (Å²) < 4.78 is 5.90. The summed E-state index contributed by atoms with van der Waals surface area (Å²) in [7, 11) is 0. The molecule has 2 aromatic carbocycles. The van der Waals surface area contributed by atoms with Crippen molar-refractivity contribution in [3.63, 3.8) is 0 Å². The lowest BCUT2D eigenvalue weighted by molar-refractivity contribution is -0.122. The monoisotopic (exact) mass is 296 g/mol. The van der Waals surface area contributed by atoms with Crippen molar-refractivity contribution in [2.45, 2.75) is 25.4 Å². The van der Waals surface area contributed by atoms with E-state index in [4.69, 9.17) is 4.74 Å². The molecule has 0 aliphatic carbocycles. The Morgan fingerprint density at radius 3 is 2.68 bits per heavy atom. The second kappa shape index (κ2) is 7.09. The predicted molar refractivity (Wildman–Crippen MR) is 85.8 cm³/mol. The number of rotatable bonds is 5. The maximum atomic E-state index is 12.1. The van der Waals surface area contributed by atoms with Gasteiger partial charge in [0.15, 0.2) is 0 Å². The molecule has 0 bridgehead atoms. The van der Waals surface area contributed by atoms with E-state index < -0.39 is 0 Å². The van der Waals surface area contributed by atoms with Crippen LogP contribution in [0.3, 0.4) is 0 Å². The van der Waals surface area contributed by atoms with E-state index in [0.29, 0.717) is 6.54 Å². The Labute approximate surface area is 130 Å². The van der Waals surface area contributed by atoms with Gasteiger partial charge in [-0.05, 0) is 37.6 Å². The first-order chi connectivity index (χ1) is 10.8. The van der Waals surface area contributed by atoms with Crippen molar-refractivity contribution in [3.8, 4) is 11.5 Å². The van der Waals surface area contributed by atoms with Gasteiger partial charge in [0.25, 0.3) is 0 Å². The molecular weight excluding hydrogens is 276 g/mol. The van der Waals surface area contributed by atoms with Crippen molar-refractivity contribution in [2.24, 2.45) is 0 Å². The zero-order valence-corrected chi connectivity index (χ0v) is 12.4. The van der Waals surface area contributed by atoms with Crippen molar-refractivity contribution in [3.05, 3.63) is 60.2 Å². The second-order valence-electron chi connectivity index (χ2n) is 5.39. The molecule has 4 nitrogen and oxygen atoms in total. The largest absolute Gasteiger partial charge is 0.457 e. The molecule has 22 heavy (non-hydrogen) atoms. The average molecular weight is 296 g/mol. The standard InChI is InChI=1S/C18H20N2O2/c21-18(16-10-6-12-19-16)20-13-14-7-4-5-11-17(14)22-15-8-2-1-3-9-15/h1-5,7-9,11,16,19H,6,10,12-13H2,(H,20,21). The van der Waals surface area contributed by atoms with Crippen LogP contribution in [-0.4, -0.2) is 18.5 Å². The van der Waals surface area contributed by atoms with Gasteiger partial charge in [-0.2, -0.15) is 0 Å². The van der Waals surface area contributed by atoms with Crippen LogP contribution < -0.4 is 15.4 Å². The first kappa shape index (κ1) is 14.6. The summed E-state index contributed by atoms with van der Waals surface area (Å²) in [5.74, 6) is 1.62. The summed E-state index contributed by atoms with van der Waals surface area (Å²) in [5.41, 5.74) is 0.970. The Morgan fingerprint density at radius 1 is 1.14 bits per heavy atom. The highest BCUT2D eigenvalue weighted by atomic mass is 16.5. The van der Waals surface area contributed by atoms with E-state index in [1.54, 1.807) is 0 Å². The molecule has 3 rings (SSSR count). The Morgan fingerprint density at radius 2 is 1.91 bits per heavy atom. The second-order valence-corrected chi connectivity index (χ2v) is 5.39. The first-order valence-corrected chi connectivity index (χ1v) is 7.65. The van der Waals surface area contributed by atoms with E-state index in [2.05, 4.69) is 10.6 Å². The number of para-hydroxylation sites is 2. The third kappa shape index (κ3) is 3.65. The molecule has 114 valence electrons. The van der Waals surface area contributed by atoms with Crippen LogP contribution in [0.1, 0.15) is 18.4 Å². The fourth-order valence-electron chi connectivity index (χ4n) is 2.58. The first-order valence-electron chi connectivity index (χ1n) is 7.65. The van der Waals surface area contributed by atoms with E-state index in [-0.39, 0.29) is 11.9 Å². The van der Waals surface area contributed by atoms with Crippen LogP contribution in [0, 0.1) is 0 Å². The molecule has 1 aliphatic rings. The van der Waals surface area contributed by atoms with Gasteiger partial charge in [-0.25, -0.2) is 0 Å². The Balaban J connectivity index is 1.64. The van der Waals surface area contributed by atoms with Crippen LogP contribution in [0.4, 0.5) is 0 Å². The minimum Gasteiger partial charge on any atom is -0.457 e. The lowest BCUT2D eigenvalue weighted by Gasteiger charge is -2.14. The normalized spacial score (nSPS) is 17.2. The van der Waals surface area contributed by atoms with Crippen LogP contribution >= 0.6 is 0 Å². The molecule has 1 unspecified atom stereocenters. The number of benzene rings is 2. The Bertz CT molecular complexity index is 622. The van der Waals surface area contributed by atoms with Gasteiger partial charge in [0.05, 0.1) is 6.04 Å². The number of nitrogens with one attached hydrogen (secondary N) is 2. The number of amides is 1. The third-order valence-corrected chi connectivity index (χ3v) is 3.77. The highest BCUT2D eigenvalue weighted by molar-refractivity contribution is 5.82. The van der Waals surface area contributed by atoms with Gasteiger partial charge in [0.1, 0.15) is 11.5 Å². The molecule has 0 spiro atoms. The van der Waals surface area contributed by atoms with Gasteiger partial charge in [-0.3, -0.25) is 4.79 Å². The molecule has 0 aromatic heterocycles. The molecule has 1 amide bonds. The molecule has 4 heteroatoms. The van der Waals surface area contributed by atoms with E-state index in [1.807, 2.05) is 54.6 Å². The minimum atomic E-state index is -0.0535. The molecule has 0 radical (unpaired) electrons. The fourth-order valence-corrected chi connectivity index (χ4v) is 2.58. The van der Waals surface area contributed by atoms with Crippen molar-refractivity contribution in [2.75, 3.05) is 6.54 Å². The molecule has 1 aliphatic heterocycles. The zero-order valence-electron chi connectivity index (χ0n) is 12.4. The van der Waals surface area contributed by atoms with Crippen molar-refractivity contribution < 1.29 is 9.53 Å². The van der Waals surface area contributed by atoms with Gasteiger partial charge in [0.2, 0.25) is 5.91 Å². The summed E-state index contributed by atoms with van der Waals surface area (Å²) in [6.45, 7) is 1.39. The minimum absolute atomic E-state index is 0.0535. The van der Waals surface area contributed by atoms with Gasteiger partial charge in [-0.15, -0.1) is 0 Å². The number of ether oxygens (including phenoxy) is 1. The molecule has 2 aromatic rings. The maximum absolute atomic E-state index is 12.1. The summed E-state index contributed by atoms with van der Waals surface area (Å²) in [4.78, 5) is 12.1. The number of hydrogen-bond donors (Lipinski definition) is 2. The van der Waals surface area contributed by atoms with Gasteiger partial charge < -0.3 is 15.4 Å². The van der Waals surface area contributed by atoms with E-state index in [9.17, 15) is 4.79 Å². The summed E-state index contributed by atoms with van der Waals surface area (Å²) in [6, 6.07) is 17.4. The van der Waals surface area contributed by atoms with Gasteiger partial charge in [0, 0.05) is 12.1 Å². The molecule has 2 N–H and O–H groups in total. The summed E-state index contributed by atoms with van der Waals surface area (Å²) in [6.07, 6.45) is 1.97. The quantitative estimate of drug-likeness (QED) is 0.892. The van der Waals surface area contributed by atoms with Crippen LogP contribution in [0.25, 0.3) is 0 Å². The molecule has 1 atom stereocenters. The van der Waals surface area contributed by atoms with Gasteiger partial charge >= 0.3 is 0 Å². The highest BCUT2D eigenvalue weighted by Gasteiger charge is 2.21. The lowest BCUT2D eigenvalue weighted by Crippen LogP contribution is -2.40. The van der Waals surface area contributed by atoms with E-state index in [0.717, 1.165) is 36.4 Å². The lowest BCUT2D eigenvalue weighted by atomic mass is 10.1. The van der Waals surface area contributed by atoms with Crippen LogP contribution in [0.2, 0.25) is 0 Å². The van der Waals surface area contributed by atoms with E-state index >= 15 is 0 Å². The summed E-state index contributed by atoms with van der Waals surface area (Å²) in [5, 5.41) is 6.19. The third-order valence-electron chi connectivity index (χ3n) is 3.77. The molecular formula is C18H20N2O2. The highest BCUT2D eigenvalue weighted by Crippen LogP contribution is 2.24. The van der Waals surface area contributed by atoms with E-state index in [1.165, 1.54) is 0 Å². The van der Waals surface area contributed by atoms with Gasteiger partial charge in [-0.1, -0.05) is 36.4 Å². The fraction of sp³-hybridized carbons (Fsp3) is 0.278. The zero-order chi connectivity index (χ0) is 15.2. The molecule has 0 saturated carbocycles. The molecule has 1 heterocycles. The topological polar surface area (TPSA) is 50.4 Å².